The van der Waals surface area contributed by atoms with Gasteiger partial charge in [0, 0.05) is 23.8 Å². The summed E-state index contributed by atoms with van der Waals surface area (Å²) in [4.78, 5) is 4.18. The van der Waals surface area contributed by atoms with Crippen molar-refractivity contribution < 1.29 is 0 Å². The van der Waals surface area contributed by atoms with E-state index in [1.54, 1.807) is 0 Å². The first-order valence-corrected chi connectivity index (χ1v) is 7.21. The minimum absolute atomic E-state index is 0.463. The Bertz CT molecular complexity index is 729. The van der Waals surface area contributed by atoms with Crippen LogP contribution in [0.15, 0.2) is 48.7 Å². The number of hydrogen-bond acceptors (Lipinski definition) is 1. The lowest BCUT2D eigenvalue weighted by molar-refractivity contribution is 0.710. The number of benzene rings is 1. The van der Waals surface area contributed by atoms with Crippen molar-refractivity contribution >= 4 is 22.5 Å². The molecule has 2 aromatic heterocycles. The average molecular weight is 285 g/mol. The summed E-state index contributed by atoms with van der Waals surface area (Å²) < 4.78 is 2.34. The van der Waals surface area contributed by atoms with Crippen molar-refractivity contribution in [2.45, 2.75) is 26.3 Å². The molecule has 3 rings (SSSR count). The van der Waals surface area contributed by atoms with Gasteiger partial charge < -0.3 is 4.57 Å². The summed E-state index contributed by atoms with van der Waals surface area (Å²) in [5.74, 6) is 0.463. The summed E-state index contributed by atoms with van der Waals surface area (Å²) >= 11 is 6.06. The molecule has 3 heteroatoms. The molecule has 0 atom stereocenters. The van der Waals surface area contributed by atoms with Gasteiger partial charge >= 0.3 is 0 Å². The fourth-order valence-corrected chi connectivity index (χ4v) is 2.72. The minimum Gasteiger partial charge on any atom is -0.340 e. The Hall–Kier alpha value is -1.80. The fourth-order valence-electron chi connectivity index (χ4n) is 2.57. The van der Waals surface area contributed by atoms with Gasteiger partial charge in [-0.05, 0) is 23.6 Å². The van der Waals surface area contributed by atoms with Gasteiger partial charge in [-0.2, -0.15) is 0 Å². The van der Waals surface area contributed by atoms with Crippen molar-refractivity contribution in [3.8, 4) is 0 Å². The van der Waals surface area contributed by atoms with Crippen LogP contribution in [0.4, 0.5) is 0 Å². The molecule has 2 heterocycles. The predicted octanol–water partition coefficient (Wildman–Crippen LogP) is 4.86. The first-order valence-electron chi connectivity index (χ1n) is 6.84. The summed E-state index contributed by atoms with van der Waals surface area (Å²) in [7, 11) is 0. The third-order valence-corrected chi connectivity index (χ3v) is 3.77. The molecule has 3 aromatic rings. The highest BCUT2D eigenvalue weighted by Gasteiger charge is 2.12. The van der Waals surface area contributed by atoms with Gasteiger partial charge in [0.25, 0.3) is 0 Å². The van der Waals surface area contributed by atoms with Crippen molar-refractivity contribution in [1.82, 2.24) is 9.55 Å². The third-order valence-electron chi connectivity index (χ3n) is 3.56. The van der Waals surface area contributed by atoms with E-state index < -0.39 is 0 Å². The van der Waals surface area contributed by atoms with Crippen LogP contribution in [0.1, 0.15) is 31.0 Å². The Kier molecular flexibility index (Phi) is 3.49. The molecule has 0 aliphatic rings. The lowest BCUT2D eigenvalue weighted by atomic mass is 10.1. The van der Waals surface area contributed by atoms with Crippen LogP contribution < -0.4 is 0 Å². The Balaban J connectivity index is 2.15. The van der Waals surface area contributed by atoms with Crippen LogP contribution in [0.25, 0.3) is 10.9 Å². The van der Waals surface area contributed by atoms with Crippen molar-refractivity contribution in [2.75, 3.05) is 0 Å². The van der Waals surface area contributed by atoms with Crippen LogP contribution in [0, 0.1) is 0 Å². The number of pyridine rings is 1. The zero-order valence-corrected chi connectivity index (χ0v) is 12.4. The van der Waals surface area contributed by atoms with Crippen LogP contribution >= 0.6 is 11.6 Å². The van der Waals surface area contributed by atoms with E-state index in [-0.39, 0.29) is 0 Å². The maximum atomic E-state index is 6.06. The zero-order chi connectivity index (χ0) is 14.1. The van der Waals surface area contributed by atoms with Crippen LogP contribution in [-0.2, 0) is 6.54 Å². The second-order valence-electron chi connectivity index (χ2n) is 5.36. The Labute approximate surface area is 124 Å². The number of nitrogens with zero attached hydrogens (tertiary/aromatic N) is 2. The van der Waals surface area contributed by atoms with Gasteiger partial charge in [0.05, 0.1) is 5.52 Å². The van der Waals surface area contributed by atoms with E-state index >= 15 is 0 Å². The van der Waals surface area contributed by atoms with Gasteiger partial charge in [0.2, 0.25) is 0 Å². The Morgan fingerprint density at radius 1 is 1.15 bits per heavy atom. The van der Waals surface area contributed by atoms with Crippen LogP contribution in [0.3, 0.4) is 0 Å². The number of hydrogen-bond donors (Lipinski definition) is 0. The number of fused-ring (bicyclic) bond motifs is 1. The molecule has 102 valence electrons. The molecule has 0 unspecified atom stereocenters. The van der Waals surface area contributed by atoms with Crippen LogP contribution in [0.5, 0.6) is 0 Å². The molecule has 0 spiro atoms. The average Bonchev–Trinajstić information content (AvgIpc) is 2.78. The third kappa shape index (κ3) is 2.44. The number of halogens is 1. The molecule has 0 aliphatic carbocycles. The molecular formula is C17H17ClN2. The lowest BCUT2D eigenvalue weighted by Crippen LogP contribution is -2.05. The van der Waals surface area contributed by atoms with Crippen molar-refractivity contribution in [1.29, 1.82) is 0 Å². The van der Waals surface area contributed by atoms with Gasteiger partial charge in [0.15, 0.2) is 0 Å². The summed E-state index contributed by atoms with van der Waals surface area (Å²) in [6.07, 6.45) is 1.85. The molecular weight excluding hydrogens is 268 g/mol. The normalized spacial score (nSPS) is 11.4. The molecule has 0 N–H and O–H groups in total. The van der Waals surface area contributed by atoms with Gasteiger partial charge in [-0.3, -0.25) is 0 Å². The van der Waals surface area contributed by atoms with Gasteiger partial charge in [-0.1, -0.05) is 55.8 Å². The molecule has 20 heavy (non-hydrogen) atoms. The van der Waals surface area contributed by atoms with E-state index in [1.165, 1.54) is 11.3 Å². The van der Waals surface area contributed by atoms with Gasteiger partial charge in [-0.25, -0.2) is 4.98 Å². The van der Waals surface area contributed by atoms with Crippen molar-refractivity contribution in [2.24, 2.45) is 0 Å². The second kappa shape index (κ2) is 5.29. The lowest BCUT2D eigenvalue weighted by Gasteiger charge is -2.13. The van der Waals surface area contributed by atoms with Gasteiger partial charge in [-0.15, -0.1) is 0 Å². The molecule has 0 bridgehead atoms. The van der Waals surface area contributed by atoms with E-state index in [0.29, 0.717) is 11.1 Å². The second-order valence-corrected chi connectivity index (χ2v) is 5.75. The van der Waals surface area contributed by atoms with E-state index in [9.17, 15) is 0 Å². The van der Waals surface area contributed by atoms with Crippen LogP contribution in [0.2, 0.25) is 5.15 Å². The van der Waals surface area contributed by atoms with Crippen molar-refractivity contribution in [3.05, 3.63) is 65.1 Å². The first-order chi connectivity index (χ1) is 9.65. The predicted molar refractivity (Wildman–Crippen MR) is 84.4 cm³/mol. The standard InChI is InChI=1S/C17H17ClN2/c1-12(2)15-8-14-10-19-17(18)9-16(14)20(15)11-13-6-4-3-5-7-13/h3-10,12H,11H2,1-2H3. The van der Waals surface area contributed by atoms with E-state index in [4.69, 9.17) is 11.6 Å². The molecule has 0 aliphatic heterocycles. The summed E-state index contributed by atoms with van der Waals surface area (Å²) in [5.41, 5.74) is 3.75. The largest absolute Gasteiger partial charge is 0.340 e. The Morgan fingerprint density at radius 3 is 2.60 bits per heavy atom. The van der Waals surface area contributed by atoms with E-state index in [0.717, 1.165) is 17.4 Å². The highest BCUT2D eigenvalue weighted by Crippen LogP contribution is 2.27. The van der Waals surface area contributed by atoms with Crippen molar-refractivity contribution in [3.63, 3.8) is 0 Å². The number of rotatable bonds is 3. The Morgan fingerprint density at radius 2 is 1.90 bits per heavy atom. The summed E-state index contributed by atoms with van der Waals surface area (Å²) in [6.45, 7) is 5.29. The summed E-state index contributed by atoms with van der Waals surface area (Å²) in [6, 6.07) is 14.7. The molecule has 1 aromatic carbocycles. The van der Waals surface area contributed by atoms with E-state index in [2.05, 4.69) is 53.7 Å². The minimum atomic E-state index is 0.463. The molecule has 2 nitrogen and oxygen atoms in total. The smallest absolute Gasteiger partial charge is 0.131 e. The molecule has 0 saturated heterocycles. The summed E-state index contributed by atoms with van der Waals surface area (Å²) in [5, 5.41) is 1.69. The molecule has 0 saturated carbocycles. The number of aromatic nitrogens is 2. The van der Waals surface area contributed by atoms with Crippen LogP contribution in [-0.4, -0.2) is 9.55 Å². The quantitative estimate of drug-likeness (QED) is 0.628. The SMILES string of the molecule is CC(C)c1cc2cnc(Cl)cc2n1Cc1ccccc1. The topological polar surface area (TPSA) is 17.8 Å². The highest BCUT2D eigenvalue weighted by atomic mass is 35.5. The van der Waals surface area contributed by atoms with Gasteiger partial charge in [0.1, 0.15) is 5.15 Å². The maximum absolute atomic E-state index is 6.06. The zero-order valence-electron chi connectivity index (χ0n) is 11.7. The molecule has 0 amide bonds. The molecule has 0 radical (unpaired) electrons. The molecule has 0 fully saturated rings. The fraction of sp³-hybridized carbons (Fsp3) is 0.235. The van der Waals surface area contributed by atoms with E-state index in [1.807, 2.05) is 18.3 Å². The highest BCUT2D eigenvalue weighted by molar-refractivity contribution is 6.30. The maximum Gasteiger partial charge on any atom is 0.131 e. The monoisotopic (exact) mass is 284 g/mol. The first kappa shape index (κ1) is 13.2.